The van der Waals surface area contributed by atoms with Crippen LogP contribution in [-0.4, -0.2) is 17.7 Å². The van der Waals surface area contributed by atoms with Crippen molar-refractivity contribution in [3.63, 3.8) is 0 Å². The third kappa shape index (κ3) is 1.89. The Morgan fingerprint density at radius 1 is 1.50 bits per heavy atom. The summed E-state index contributed by atoms with van der Waals surface area (Å²) in [6.45, 7) is 2.73. The van der Waals surface area contributed by atoms with E-state index in [9.17, 15) is 5.11 Å². The summed E-state index contributed by atoms with van der Waals surface area (Å²) >= 11 is 0. The van der Waals surface area contributed by atoms with Gasteiger partial charge in [0, 0.05) is 17.8 Å². The van der Waals surface area contributed by atoms with Crippen LogP contribution in [0.2, 0.25) is 0 Å². The average Bonchev–Trinajstić information content (AvgIpc) is 2.49. The van der Waals surface area contributed by atoms with Crippen molar-refractivity contribution in [1.29, 1.82) is 5.26 Å². The predicted octanol–water partition coefficient (Wildman–Crippen LogP) is 2.23. The standard InChI is InChI=1S/C13H16N2O/c1-10(9-14)15-8-4-7-13(16)11-5-2-3-6-12(11)15/h2-3,5-6,10,13,16H,4,7-8H2,1H3. The van der Waals surface area contributed by atoms with Gasteiger partial charge in [-0.25, -0.2) is 0 Å². The van der Waals surface area contributed by atoms with Gasteiger partial charge in [-0.3, -0.25) is 0 Å². The minimum atomic E-state index is -0.396. The second-order valence-corrected chi connectivity index (χ2v) is 4.22. The highest BCUT2D eigenvalue weighted by molar-refractivity contribution is 5.56. The molecular formula is C13H16N2O. The number of para-hydroxylation sites is 1. The summed E-state index contributed by atoms with van der Waals surface area (Å²) in [5.74, 6) is 0. The number of nitrogens with zero attached hydrogens (tertiary/aromatic N) is 2. The summed E-state index contributed by atoms with van der Waals surface area (Å²) in [6, 6.07) is 9.93. The molecule has 0 saturated heterocycles. The molecule has 16 heavy (non-hydrogen) atoms. The Morgan fingerprint density at radius 3 is 3.00 bits per heavy atom. The lowest BCUT2D eigenvalue weighted by Crippen LogP contribution is -2.32. The van der Waals surface area contributed by atoms with E-state index in [1.165, 1.54) is 0 Å². The third-order valence-corrected chi connectivity index (χ3v) is 3.14. The minimum Gasteiger partial charge on any atom is -0.388 e. The lowest BCUT2D eigenvalue weighted by molar-refractivity contribution is 0.168. The van der Waals surface area contributed by atoms with Gasteiger partial charge in [0.05, 0.1) is 12.2 Å². The number of rotatable bonds is 1. The Balaban J connectivity index is 2.43. The smallest absolute Gasteiger partial charge is 0.114 e. The molecule has 1 aliphatic rings. The molecule has 0 spiro atoms. The maximum absolute atomic E-state index is 10.0. The number of nitriles is 1. The maximum Gasteiger partial charge on any atom is 0.114 e. The molecule has 84 valence electrons. The van der Waals surface area contributed by atoms with E-state index in [0.717, 1.165) is 30.6 Å². The molecule has 3 heteroatoms. The van der Waals surface area contributed by atoms with Crippen LogP contribution in [-0.2, 0) is 0 Å². The van der Waals surface area contributed by atoms with Crippen molar-refractivity contribution < 1.29 is 5.11 Å². The predicted molar refractivity (Wildman–Crippen MR) is 63.1 cm³/mol. The summed E-state index contributed by atoms with van der Waals surface area (Å²) < 4.78 is 0. The average molecular weight is 216 g/mol. The summed E-state index contributed by atoms with van der Waals surface area (Å²) in [5, 5.41) is 19.0. The zero-order chi connectivity index (χ0) is 11.5. The van der Waals surface area contributed by atoms with E-state index >= 15 is 0 Å². The lowest BCUT2D eigenvalue weighted by Gasteiger charge is -2.27. The van der Waals surface area contributed by atoms with Gasteiger partial charge in [-0.1, -0.05) is 18.2 Å². The Labute approximate surface area is 95.9 Å². The summed E-state index contributed by atoms with van der Waals surface area (Å²) in [4.78, 5) is 2.07. The largest absolute Gasteiger partial charge is 0.388 e. The van der Waals surface area contributed by atoms with E-state index in [0.29, 0.717) is 0 Å². The SMILES string of the molecule is CC(C#N)N1CCCC(O)c2ccccc21. The Hall–Kier alpha value is -1.53. The number of aliphatic hydroxyl groups excluding tert-OH is 1. The summed E-state index contributed by atoms with van der Waals surface area (Å²) in [7, 11) is 0. The second-order valence-electron chi connectivity index (χ2n) is 4.22. The van der Waals surface area contributed by atoms with Crippen LogP contribution in [0.5, 0.6) is 0 Å². The monoisotopic (exact) mass is 216 g/mol. The van der Waals surface area contributed by atoms with E-state index < -0.39 is 6.10 Å². The van der Waals surface area contributed by atoms with Crippen LogP contribution >= 0.6 is 0 Å². The van der Waals surface area contributed by atoms with Gasteiger partial charge < -0.3 is 10.0 Å². The Bertz CT molecular complexity index is 411. The van der Waals surface area contributed by atoms with Crippen LogP contribution in [0.25, 0.3) is 0 Å². The zero-order valence-corrected chi connectivity index (χ0v) is 9.43. The van der Waals surface area contributed by atoms with Crippen LogP contribution in [0.4, 0.5) is 5.69 Å². The van der Waals surface area contributed by atoms with Crippen molar-refractivity contribution in [1.82, 2.24) is 0 Å². The molecular weight excluding hydrogens is 200 g/mol. The molecule has 0 radical (unpaired) electrons. The van der Waals surface area contributed by atoms with Gasteiger partial charge in [0.1, 0.15) is 6.04 Å². The van der Waals surface area contributed by atoms with E-state index in [1.807, 2.05) is 31.2 Å². The number of anilines is 1. The molecule has 1 heterocycles. The quantitative estimate of drug-likeness (QED) is 0.783. The Morgan fingerprint density at radius 2 is 2.25 bits per heavy atom. The van der Waals surface area contributed by atoms with Gasteiger partial charge in [-0.2, -0.15) is 5.26 Å². The van der Waals surface area contributed by atoms with Gasteiger partial charge in [-0.05, 0) is 25.8 Å². The molecule has 0 amide bonds. The Kier molecular flexibility index (Phi) is 3.12. The van der Waals surface area contributed by atoms with E-state index in [2.05, 4.69) is 11.0 Å². The highest BCUT2D eigenvalue weighted by atomic mass is 16.3. The molecule has 2 unspecified atom stereocenters. The normalized spacial score (nSPS) is 21.8. The fraction of sp³-hybridized carbons (Fsp3) is 0.462. The van der Waals surface area contributed by atoms with Crippen LogP contribution in [0.1, 0.15) is 31.4 Å². The van der Waals surface area contributed by atoms with Crippen molar-refractivity contribution in [2.24, 2.45) is 0 Å². The first-order chi connectivity index (χ1) is 7.74. The highest BCUT2D eigenvalue weighted by Crippen LogP contribution is 2.33. The first-order valence-electron chi connectivity index (χ1n) is 5.67. The van der Waals surface area contributed by atoms with Crippen molar-refractivity contribution in [3.05, 3.63) is 29.8 Å². The van der Waals surface area contributed by atoms with Crippen LogP contribution in [0.15, 0.2) is 24.3 Å². The molecule has 2 atom stereocenters. The topological polar surface area (TPSA) is 47.3 Å². The molecule has 1 N–H and O–H groups in total. The van der Waals surface area contributed by atoms with Crippen LogP contribution < -0.4 is 4.90 Å². The van der Waals surface area contributed by atoms with Gasteiger partial charge in [0.2, 0.25) is 0 Å². The van der Waals surface area contributed by atoms with Crippen LogP contribution in [0.3, 0.4) is 0 Å². The minimum absolute atomic E-state index is 0.147. The van der Waals surface area contributed by atoms with Gasteiger partial charge >= 0.3 is 0 Å². The van der Waals surface area contributed by atoms with Gasteiger partial charge in [-0.15, -0.1) is 0 Å². The lowest BCUT2D eigenvalue weighted by atomic mass is 10.0. The molecule has 1 aliphatic heterocycles. The van der Waals surface area contributed by atoms with Crippen LogP contribution in [0, 0.1) is 11.3 Å². The summed E-state index contributed by atoms with van der Waals surface area (Å²) in [5.41, 5.74) is 1.95. The zero-order valence-electron chi connectivity index (χ0n) is 9.43. The molecule has 0 bridgehead atoms. The number of fused-ring (bicyclic) bond motifs is 1. The first-order valence-corrected chi connectivity index (χ1v) is 5.67. The molecule has 0 aliphatic carbocycles. The van der Waals surface area contributed by atoms with E-state index in [-0.39, 0.29) is 6.04 Å². The molecule has 3 nitrogen and oxygen atoms in total. The molecule has 0 fully saturated rings. The number of benzene rings is 1. The molecule has 0 saturated carbocycles. The van der Waals surface area contributed by atoms with Crippen molar-refractivity contribution >= 4 is 5.69 Å². The first kappa shape index (κ1) is 11.0. The summed E-state index contributed by atoms with van der Waals surface area (Å²) in [6.07, 6.45) is 1.29. The van der Waals surface area contributed by atoms with E-state index in [4.69, 9.17) is 5.26 Å². The fourth-order valence-corrected chi connectivity index (χ4v) is 2.23. The number of hydrogen-bond donors (Lipinski definition) is 1. The van der Waals surface area contributed by atoms with E-state index in [1.54, 1.807) is 0 Å². The number of aliphatic hydroxyl groups is 1. The second kappa shape index (κ2) is 4.54. The molecule has 2 rings (SSSR count). The van der Waals surface area contributed by atoms with Gasteiger partial charge in [0.15, 0.2) is 0 Å². The van der Waals surface area contributed by atoms with Crippen molar-refractivity contribution in [2.75, 3.05) is 11.4 Å². The third-order valence-electron chi connectivity index (χ3n) is 3.14. The number of hydrogen-bond acceptors (Lipinski definition) is 3. The fourth-order valence-electron chi connectivity index (χ4n) is 2.23. The van der Waals surface area contributed by atoms with Gasteiger partial charge in [0.25, 0.3) is 0 Å². The molecule has 1 aromatic rings. The maximum atomic E-state index is 10.0. The van der Waals surface area contributed by atoms with Crippen molar-refractivity contribution in [3.8, 4) is 6.07 Å². The molecule has 0 aromatic heterocycles. The molecule has 1 aromatic carbocycles. The van der Waals surface area contributed by atoms with Crippen molar-refractivity contribution in [2.45, 2.75) is 31.9 Å². The highest BCUT2D eigenvalue weighted by Gasteiger charge is 2.23.